The van der Waals surface area contributed by atoms with E-state index in [1.54, 1.807) is 38.3 Å². The van der Waals surface area contributed by atoms with Crippen molar-refractivity contribution in [2.24, 2.45) is 13.0 Å². The number of thiophene rings is 1. The SMILES string of the molecule is COCc1nc(OC)c2c(C)c(C(=O)N3CCC(CNC(=O)c4cnn(C)c4)CC3)sc2n1. The number of ether oxygens (including phenoxy) is 2. The van der Waals surface area contributed by atoms with Gasteiger partial charge in [-0.1, -0.05) is 0 Å². The van der Waals surface area contributed by atoms with Crippen LogP contribution in [0.5, 0.6) is 5.88 Å². The van der Waals surface area contributed by atoms with E-state index in [0.29, 0.717) is 47.7 Å². The van der Waals surface area contributed by atoms with E-state index in [9.17, 15) is 9.59 Å². The van der Waals surface area contributed by atoms with Crippen molar-refractivity contribution in [1.29, 1.82) is 0 Å². The Kier molecular flexibility index (Phi) is 6.89. The number of methoxy groups -OCH3 is 2. The maximum atomic E-state index is 13.3. The summed E-state index contributed by atoms with van der Waals surface area (Å²) in [6.45, 7) is 4.08. The van der Waals surface area contributed by atoms with Gasteiger partial charge in [0.25, 0.3) is 11.8 Å². The van der Waals surface area contributed by atoms with Gasteiger partial charge in [-0.3, -0.25) is 14.3 Å². The number of piperidine rings is 1. The second-order valence-electron chi connectivity index (χ2n) is 8.17. The molecule has 1 N–H and O–H groups in total. The Bertz CT molecular complexity index is 1170. The Labute approximate surface area is 195 Å². The van der Waals surface area contributed by atoms with Gasteiger partial charge in [-0.2, -0.15) is 10.1 Å². The van der Waals surface area contributed by atoms with Crippen molar-refractivity contribution in [3.05, 3.63) is 34.2 Å². The van der Waals surface area contributed by atoms with Gasteiger partial charge in [0.15, 0.2) is 5.82 Å². The van der Waals surface area contributed by atoms with Gasteiger partial charge in [-0.25, -0.2) is 4.98 Å². The molecule has 0 aliphatic carbocycles. The highest BCUT2D eigenvalue weighted by Crippen LogP contribution is 2.36. The van der Waals surface area contributed by atoms with Crippen LogP contribution in [0.3, 0.4) is 0 Å². The minimum Gasteiger partial charge on any atom is -0.480 e. The molecule has 1 fully saturated rings. The molecular weight excluding hydrogens is 444 g/mol. The third kappa shape index (κ3) is 4.83. The van der Waals surface area contributed by atoms with Crippen molar-refractivity contribution < 1.29 is 19.1 Å². The lowest BCUT2D eigenvalue weighted by Gasteiger charge is -2.32. The summed E-state index contributed by atoms with van der Waals surface area (Å²) in [7, 11) is 4.93. The fourth-order valence-corrected chi connectivity index (χ4v) is 5.21. The first-order chi connectivity index (χ1) is 15.9. The second-order valence-corrected chi connectivity index (χ2v) is 9.17. The van der Waals surface area contributed by atoms with Crippen LogP contribution in [0.1, 0.15) is 44.3 Å². The first-order valence-corrected chi connectivity index (χ1v) is 11.6. The van der Waals surface area contributed by atoms with Gasteiger partial charge in [0, 0.05) is 40.0 Å². The van der Waals surface area contributed by atoms with Crippen LogP contribution < -0.4 is 10.1 Å². The number of carbonyl (C=O) groups is 2. The lowest BCUT2D eigenvalue weighted by atomic mass is 9.96. The lowest BCUT2D eigenvalue weighted by Crippen LogP contribution is -2.41. The van der Waals surface area contributed by atoms with Crippen molar-refractivity contribution in [2.45, 2.75) is 26.4 Å². The third-order valence-electron chi connectivity index (χ3n) is 5.88. The molecule has 11 heteroatoms. The Morgan fingerprint density at radius 1 is 1.24 bits per heavy atom. The molecule has 1 saturated heterocycles. The average molecular weight is 473 g/mol. The number of nitrogens with zero attached hydrogens (tertiary/aromatic N) is 5. The Morgan fingerprint density at radius 2 is 2.00 bits per heavy atom. The maximum Gasteiger partial charge on any atom is 0.264 e. The Morgan fingerprint density at radius 3 is 2.64 bits per heavy atom. The van der Waals surface area contributed by atoms with Crippen LogP contribution in [0.2, 0.25) is 0 Å². The zero-order valence-corrected chi connectivity index (χ0v) is 20.1. The van der Waals surface area contributed by atoms with Crippen LogP contribution in [0.4, 0.5) is 0 Å². The van der Waals surface area contributed by atoms with Gasteiger partial charge in [0.05, 0.1) is 29.1 Å². The topological polar surface area (TPSA) is 111 Å². The molecule has 176 valence electrons. The Balaban J connectivity index is 1.40. The number of likely N-dealkylation sites (tertiary alicyclic amines) is 1. The number of aromatic nitrogens is 4. The van der Waals surface area contributed by atoms with Gasteiger partial charge in [-0.15, -0.1) is 11.3 Å². The van der Waals surface area contributed by atoms with Gasteiger partial charge < -0.3 is 19.7 Å². The maximum absolute atomic E-state index is 13.3. The molecule has 0 aromatic carbocycles. The molecule has 0 radical (unpaired) electrons. The molecular formula is C22H28N6O4S. The van der Waals surface area contributed by atoms with Crippen LogP contribution >= 0.6 is 11.3 Å². The highest BCUT2D eigenvalue weighted by atomic mass is 32.1. The van der Waals surface area contributed by atoms with Crippen molar-refractivity contribution in [3.63, 3.8) is 0 Å². The molecule has 1 aliphatic rings. The molecule has 3 aromatic heterocycles. The summed E-state index contributed by atoms with van der Waals surface area (Å²) in [5, 5.41) is 7.78. The first kappa shape index (κ1) is 23.1. The molecule has 10 nitrogen and oxygen atoms in total. The van der Waals surface area contributed by atoms with Crippen molar-refractivity contribution in [1.82, 2.24) is 30.0 Å². The van der Waals surface area contributed by atoms with Gasteiger partial charge in [0.1, 0.15) is 11.4 Å². The minimum absolute atomic E-state index is 0.00342. The summed E-state index contributed by atoms with van der Waals surface area (Å²) in [6.07, 6.45) is 4.93. The van der Waals surface area contributed by atoms with Crippen LogP contribution in [-0.4, -0.2) is 70.3 Å². The highest BCUT2D eigenvalue weighted by Gasteiger charge is 2.28. The van der Waals surface area contributed by atoms with Gasteiger partial charge in [0.2, 0.25) is 5.88 Å². The number of carbonyl (C=O) groups excluding carboxylic acids is 2. The van der Waals surface area contributed by atoms with Crippen LogP contribution in [0, 0.1) is 12.8 Å². The van der Waals surface area contributed by atoms with Crippen LogP contribution in [0.25, 0.3) is 10.2 Å². The van der Waals surface area contributed by atoms with E-state index >= 15 is 0 Å². The normalized spacial score (nSPS) is 14.6. The molecule has 0 atom stereocenters. The summed E-state index contributed by atoms with van der Waals surface area (Å²) in [6, 6.07) is 0. The van der Waals surface area contributed by atoms with Crippen LogP contribution in [0.15, 0.2) is 12.4 Å². The van der Waals surface area contributed by atoms with Crippen molar-refractivity contribution >= 4 is 33.4 Å². The zero-order chi connectivity index (χ0) is 23.5. The zero-order valence-electron chi connectivity index (χ0n) is 19.3. The van der Waals surface area contributed by atoms with Crippen molar-refractivity contribution in [2.75, 3.05) is 33.9 Å². The summed E-state index contributed by atoms with van der Waals surface area (Å²) in [5.74, 6) is 1.20. The van der Waals surface area contributed by atoms with Crippen LogP contribution in [-0.2, 0) is 18.4 Å². The Hall–Kier alpha value is -3.05. The summed E-state index contributed by atoms with van der Waals surface area (Å²) >= 11 is 1.37. The molecule has 0 spiro atoms. The molecule has 4 rings (SSSR count). The standard InChI is InChI=1S/C22H28N6O4S/c1-13-17-20(32-4)25-16(12-31-3)26-21(17)33-18(13)22(30)28-7-5-14(6-8-28)9-23-19(29)15-10-24-27(2)11-15/h10-11,14H,5-9,12H2,1-4H3,(H,23,29). The summed E-state index contributed by atoms with van der Waals surface area (Å²) in [5.41, 5.74) is 1.39. The van der Waals surface area contributed by atoms with E-state index in [4.69, 9.17) is 9.47 Å². The van der Waals surface area contributed by atoms with Gasteiger partial charge >= 0.3 is 0 Å². The second kappa shape index (κ2) is 9.84. The number of hydrogen-bond acceptors (Lipinski definition) is 8. The molecule has 0 unspecified atom stereocenters. The van der Waals surface area contributed by atoms with E-state index in [1.165, 1.54) is 11.3 Å². The lowest BCUT2D eigenvalue weighted by molar-refractivity contribution is 0.0688. The van der Waals surface area contributed by atoms with E-state index in [1.807, 2.05) is 11.8 Å². The molecule has 33 heavy (non-hydrogen) atoms. The fourth-order valence-electron chi connectivity index (χ4n) is 4.05. The van der Waals surface area contributed by atoms with E-state index in [2.05, 4.69) is 20.4 Å². The molecule has 0 bridgehead atoms. The van der Waals surface area contributed by atoms with E-state index < -0.39 is 0 Å². The molecule has 2 amide bonds. The smallest absolute Gasteiger partial charge is 0.264 e. The average Bonchev–Trinajstić information content (AvgIpc) is 3.40. The van der Waals surface area contributed by atoms with E-state index in [-0.39, 0.29) is 18.4 Å². The number of nitrogens with one attached hydrogen (secondary N) is 1. The number of rotatable bonds is 7. The summed E-state index contributed by atoms with van der Waals surface area (Å²) in [4.78, 5) is 37.8. The fraction of sp³-hybridized carbons (Fsp3) is 0.500. The van der Waals surface area contributed by atoms with Gasteiger partial charge in [-0.05, 0) is 31.2 Å². The molecule has 1 aliphatic heterocycles. The number of amides is 2. The number of hydrogen-bond donors (Lipinski definition) is 1. The largest absolute Gasteiger partial charge is 0.480 e. The number of fused-ring (bicyclic) bond motifs is 1. The molecule has 3 aromatic rings. The predicted octanol–water partition coefficient (Wildman–Crippen LogP) is 2.17. The minimum atomic E-state index is -0.120. The van der Waals surface area contributed by atoms with E-state index in [0.717, 1.165) is 28.6 Å². The molecule has 0 saturated carbocycles. The highest BCUT2D eigenvalue weighted by molar-refractivity contribution is 7.20. The monoisotopic (exact) mass is 472 g/mol. The number of aryl methyl sites for hydroxylation is 2. The third-order valence-corrected chi connectivity index (χ3v) is 7.06. The first-order valence-electron chi connectivity index (χ1n) is 10.8. The quantitative estimate of drug-likeness (QED) is 0.561. The molecule has 4 heterocycles. The predicted molar refractivity (Wildman–Crippen MR) is 124 cm³/mol. The summed E-state index contributed by atoms with van der Waals surface area (Å²) < 4.78 is 12.2. The van der Waals surface area contributed by atoms with Crippen molar-refractivity contribution in [3.8, 4) is 5.88 Å².